The Labute approximate surface area is 195 Å². The van der Waals surface area contributed by atoms with Gasteiger partial charge in [-0.1, -0.05) is 32.9 Å². The van der Waals surface area contributed by atoms with Gasteiger partial charge in [-0.15, -0.1) is 5.10 Å². The van der Waals surface area contributed by atoms with Crippen LogP contribution >= 0.6 is 0 Å². The number of carbonyl (C=O) groups is 2. The third kappa shape index (κ3) is 4.67. The molecule has 1 aromatic heterocycles. The average molecular weight is 459 g/mol. The maximum atomic E-state index is 13.8. The van der Waals surface area contributed by atoms with Crippen molar-refractivity contribution in [1.29, 1.82) is 0 Å². The minimum atomic E-state index is -0.702. The molecule has 0 bridgehead atoms. The van der Waals surface area contributed by atoms with Gasteiger partial charge >= 0.3 is 0 Å². The number of likely N-dealkylation sites (tertiary alicyclic amines) is 2. The summed E-state index contributed by atoms with van der Waals surface area (Å²) in [5, 5.41) is 22.2. The molecule has 33 heavy (non-hydrogen) atoms. The summed E-state index contributed by atoms with van der Waals surface area (Å²) >= 11 is 0. The Balaban J connectivity index is 1.32. The van der Waals surface area contributed by atoms with E-state index in [9.17, 15) is 14.7 Å². The number of rotatable bonds is 6. The smallest absolute Gasteiger partial charge is 0.248 e. The molecule has 5 rings (SSSR count). The summed E-state index contributed by atoms with van der Waals surface area (Å²) in [4.78, 5) is 31.2. The molecule has 4 fully saturated rings. The van der Waals surface area contributed by atoms with Crippen LogP contribution in [0.2, 0.25) is 0 Å². The van der Waals surface area contributed by atoms with Crippen molar-refractivity contribution in [3.63, 3.8) is 0 Å². The summed E-state index contributed by atoms with van der Waals surface area (Å²) in [6.45, 7) is 10.2. The molecule has 0 radical (unpaired) electrons. The van der Waals surface area contributed by atoms with Crippen molar-refractivity contribution in [3.05, 3.63) is 11.9 Å². The Kier molecular flexibility index (Phi) is 5.76. The van der Waals surface area contributed by atoms with Crippen LogP contribution in [-0.4, -0.2) is 85.6 Å². The number of nitrogens with zero attached hydrogens (tertiary/aromatic N) is 5. The SMILES string of the molecule is CC1CN(C2CC2)CC1NC(=O)C1CC(O)CN1C(=O)[C@H](n1cc(C2CC2)nn1)C(C)(C)C. The minimum absolute atomic E-state index is 0.0858. The number of aliphatic hydroxyl groups excluding tert-OH is 1. The van der Waals surface area contributed by atoms with E-state index in [1.54, 1.807) is 9.58 Å². The number of nitrogens with one attached hydrogen (secondary N) is 1. The molecule has 2 amide bonds. The zero-order valence-electron chi connectivity index (χ0n) is 20.3. The lowest BCUT2D eigenvalue weighted by atomic mass is 9.85. The van der Waals surface area contributed by atoms with Crippen molar-refractivity contribution in [2.24, 2.45) is 11.3 Å². The van der Waals surface area contributed by atoms with E-state index < -0.39 is 23.6 Å². The number of aliphatic hydroxyl groups is 1. The first-order valence-electron chi connectivity index (χ1n) is 12.6. The lowest BCUT2D eigenvalue weighted by Gasteiger charge is -2.35. The van der Waals surface area contributed by atoms with Gasteiger partial charge in [0.25, 0.3) is 0 Å². The van der Waals surface area contributed by atoms with Gasteiger partial charge in [0.15, 0.2) is 0 Å². The predicted molar refractivity (Wildman–Crippen MR) is 122 cm³/mol. The Bertz CT molecular complexity index is 902. The molecule has 2 saturated carbocycles. The largest absolute Gasteiger partial charge is 0.391 e. The highest BCUT2D eigenvalue weighted by Crippen LogP contribution is 2.40. The van der Waals surface area contributed by atoms with Gasteiger partial charge in [0.1, 0.15) is 12.1 Å². The first kappa shape index (κ1) is 22.8. The van der Waals surface area contributed by atoms with E-state index in [0.717, 1.165) is 31.6 Å². The fourth-order valence-corrected chi connectivity index (χ4v) is 5.54. The van der Waals surface area contributed by atoms with Gasteiger partial charge in [0, 0.05) is 50.3 Å². The molecule has 4 unspecified atom stereocenters. The zero-order valence-corrected chi connectivity index (χ0v) is 20.3. The standard InChI is InChI=1S/C24H38N6O3/c1-14-10-28(16-7-8-16)12-18(14)25-22(32)20-9-17(31)11-29(20)23(33)21(24(2,3)4)30-13-19(26-27-30)15-5-6-15/h13-18,20-21,31H,5-12H2,1-4H3,(H,25,32)/t14?,17?,18?,20?,21-/m0/s1. The van der Waals surface area contributed by atoms with Crippen molar-refractivity contribution in [2.75, 3.05) is 19.6 Å². The van der Waals surface area contributed by atoms with Crippen molar-refractivity contribution >= 4 is 11.8 Å². The van der Waals surface area contributed by atoms with Crippen LogP contribution in [-0.2, 0) is 9.59 Å². The summed E-state index contributed by atoms with van der Waals surface area (Å²) in [6, 6.07) is -0.487. The van der Waals surface area contributed by atoms with E-state index in [4.69, 9.17) is 0 Å². The number of amides is 2. The summed E-state index contributed by atoms with van der Waals surface area (Å²) in [5.41, 5.74) is 0.508. The second kappa shape index (κ2) is 8.34. The summed E-state index contributed by atoms with van der Waals surface area (Å²) in [5.74, 6) is 0.499. The molecule has 4 aliphatic rings. The Morgan fingerprint density at radius 1 is 1.15 bits per heavy atom. The van der Waals surface area contributed by atoms with Gasteiger partial charge in [0.2, 0.25) is 11.8 Å². The van der Waals surface area contributed by atoms with E-state index in [1.807, 2.05) is 27.0 Å². The monoisotopic (exact) mass is 458 g/mol. The van der Waals surface area contributed by atoms with E-state index >= 15 is 0 Å². The van der Waals surface area contributed by atoms with E-state index in [0.29, 0.717) is 17.9 Å². The lowest BCUT2D eigenvalue weighted by molar-refractivity contribution is -0.144. The topological polar surface area (TPSA) is 104 Å². The van der Waals surface area contributed by atoms with Crippen LogP contribution in [0, 0.1) is 11.3 Å². The third-order valence-electron chi connectivity index (χ3n) is 7.74. The number of β-amino-alcohol motifs (C(OH)–C–C–N with tert-alkyl or cyclic N) is 1. The molecule has 3 heterocycles. The fraction of sp³-hybridized carbons (Fsp3) is 0.833. The molecule has 5 atom stereocenters. The third-order valence-corrected chi connectivity index (χ3v) is 7.74. The molecule has 0 aromatic carbocycles. The van der Waals surface area contributed by atoms with Gasteiger partial charge in [0.05, 0.1) is 11.8 Å². The zero-order chi connectivity index (χ0) is 23.5. The van der Waals surface area contributed by atoms with Crippen molar-refractivity contribution in [3.8, 4) is 0 Å². The highest BCUT2D eigenvalue weighted by atomic mass is 16.3. The highest BCUT2D eigenvalue weighted by Gasteiger charge is 2.47. The molecule has 9 heteroatoms. The molecule has 0 spiro atoms. The van der Waals surface area contributed by atoms with Crippen LogP contribution in [0.25, 0.3) is 0 Å². The van der Waals surface area contributed by atoms with Gasteiger partial charge < -0.3 is 15.3 Å². The normalized spacial score (nSPS) is 31.7. The fourth-order valence-electron chi connectivity index (χ4n) is 5.54. The van der Waals surface area contributed by atoms with Crippen molar-refractivity contribution in [2.45, 2.75) is 96.0 Å². The van der Waals surface area contributed by atoms with Gasteiger partial charge in [-0.2, -0.15) is 0 Å². The van der Waals surface area contributed by atoms with E-state index in [-0.39, 0.29) is 30.8 Å². The molecule has 182 valence electrons. The second-order valence-corrected chi connectivity index (χ2v) is 11.8. The average Bonchev–Trinajstić information content (AvgIpc) is 3.65. The summed E-state index contributed by atoms with van der Waals surface area (Å²) in [6.07, 6.45) is 6.20. The van der Waals surface area contributed by atoms with Crippen LogP contribution < -0.4 is 5.32 Å². The molecule has 2 saturated heterocycles. The Hall–Kier alpha value is -2.00. The first-order valence-corrected chi connectivity index (χ1v) is 12.6. The van der Waals surface area contributed by atoms with E-state index in [2.05, 4.69) is 27.5 Å². The highest BCUT2D eigenvalue weighted by molar-refractivity contribution is 5.90. The van der Waals surface area contributed by atoms with Gasteiger partial charge in [-0.25, -0.2) is 4.68 Å². The maximum absolute atomic E-state index is 13.8. The molecule has 9 nitrogen and oxygen atoms in total. The van der Waals surface area contributed by atoms with Crippen LogP contribution in [0.3, 0.4) is 0 Å². The van der Waals surface area contributed by atoms with Crippen molar-refractivity contribution in [1.82, 2.24) is 30.1 Å². The molecule has 1 aromatic rings. The maximum Gasteiger partial charge on any atom is 0.248 e. The molecule has 2 N–H and O–H groups in total. The van der Waals surface area contributed by atoms with Gasteiger partial charge in [-0.3, -0.25) is 14.5 Å². The minimum Gasteiger partial charge on any atom is -0.391 e. The quantitative estimate of drug-likeness (QED) is 0.666. The van der Waals surface area contributed by atoms with Crippen LogP contribution in [0.4, 0.5) is 0 Å². The number of hydrogen-bond donors (Lipinski definition) is 2. The summed E-state index contributed by atoms with van der Waals surface area (Å²) in [7, 11) is 0. The molecular weight excluding hydrogens is 420 g/mol. The van der Waals surface area contributed by atoms with Crippen molar-refractivity contribution < 1.29 is 14.7 Å². The molecular formula is C24H38N6O3. The number of hydrogen-bond acceptors (Lipinski definition) is 6. The predicted octanol–water partition coefficient (Wildman–Crippen LogP) is 1.30. The van der Waals surface area contributed by atoms with Crippen LogP contribution in [0.15, 0.2) is 6.20 Å². The Morgan fingerprint density at radius 3 is 2.52 bits per heavy atom. The molecule has 2 aliphatic heterocycles. The second-order valence-electron chi connectivity index (χ2n) is 11.8. The van der Waals surface area contributed by atoms with Gasteiger partial charge in [-0.05, 0) is 37.0 Å². The number of carbonyl (C=O) groups excluding carboxylic acids is 2. The molecule has 2 aliphatic carbocycles. The first-order chi connectivity index (χ1) is 15.6. The summed E-state index contributed by atoms with van der Waals surface area (Å²) < 4.78 is 1.67. The van der Waals surface area contributed by atoms with E-state index in [1.165, 1.54) is 12.8 Å². The lowest BCUT2D eigenvalue weighted by Crippen LogP contribution is -2.53. The Morgan fingerprint density at radius 2 is 1.88 bits per heavy atom. The number of aromatic nitrogens is 3. The van der Waals surface area contributed by atoms with Crippen LogP contribution in [0.5, 0.6) is 0 Å². The van der Waals surface area contributed by atoms with Crippen LogP contribution in [0.1, 0.15) is 77.5 Å².